The predicted molar refractivity (Wildman–Crippen MR) is 70.7 cm³/mol. The number of nitrogens with one attached hydrogen (secondary N) is 2. The van der Waals surface area contributed by atoms with E-state index in [0.29, 0.717) is 18.7 Å². The number of benzene rings is 1. The Balaban J connectivity index is 2.32. The van der Waals surface area contributed by atoms with Crippen molar-refractivity contribution in [2.75, 3.05) is 13.1 Å². The van der Waals surface area contributed by atoms with Crippen molar-refractivity contribution >= 4 is 16.8 Å². The number of phenols is 1. The third-order valence-corrected chi connectivity index (χ3v) is 2.86. The molecule has 0 saturated carbocycles. The zero-order chi connectivity index (χ0) is 13.1. The zero-order valence-electron chi connectivity index (χ0n) is 10.3. The van der Waals surface area contributed by atoms with E-state index in [9.17, 15) is 9.90 Å². The monoisotopic (exact) mass is 247 g/mol. The van der Waals surface area contributed by atoms with Crippen LogP contribution in [0.2, 0.25) is 0 Å². The van der Waals surface area contributed by atoms with Crippen LogP contribution < -0.4 is 11.1 Å². The number of H-pyrrole nitrogens is 1. The summed E-state index contributed by atoms with van der Waals surface area (Å²) in [5, 5.41) is 13.1. The van der Waals surface area contributed by atoms with Crippen molar-refractivity contribution in [3.63, 3.8) is 0 Å². The van der Waals surface area contributed by atoms with Crippen LogP contribution in [0.1, 0.15) is 22.5 Å². The molecule has 0 fully saturated rings. The van der Waals surface area contributed by atoms with E-state index in [1.54, 1.807) is 18.2 Å². The molecule has 0 spiro atoms. The first kappa shape index (κ1) is 12.4. The van der Waals surface area contributed by atoms with Gasteiger partial charge >= 0.3 is 0 Å². The van der Waals surface area contributed by atoms with Gasteiger partial charge < -0.3 is 21.1 Å². The minimum Gasteiger partial charge on any atom is -0.508 e. The summed E-state index contributed by atoms with van der Waals surface area (Å²) in [7, 11) is 0. The number of carbonyl (C=O) groups is 1. The highest BCUT2D eigenvalue weighted by molar-refractivity contribution is 6.08. The normalized spacial score (nSPS) is 10.8. The van der Waals surface area contributed by atoms with Crippen LogP contribution in [0.5, 0.6) is 5.75 Å². The molecule has 1 aromatic carbocycles. The van der Waals surface area contributed by atoms with E-state index < -0.39 is 0 Å². The highest BCUT2D eigenvalue weighted by atomic mass is 16.3. The average Bonchev–Trinajstić information content (AvgIpc) is 2.64. The molecule has 0 bridgehead atoms. The molecule has 0 saturated heterocycles. The summed E-state index contributed by atoms with van der Waals surface area (Å²) in [6, 6.07) is 4.93. The maximum absolute atomic E-state index is 12.1. The Kier molecular flexibility index (Phi) is 3.53. The summed E-state index contributed by atoms with van der Waals surface area (Å²) in [6.45, 7) is 2.97. The minimum absolute atomic E-state index is 0.113. The van der Waals surface area contributed by atoms with Crippen molar-refractivity contribution in [2.24, 2.45) is 5.73 Å². The predicted octanol–water partition coefficient (Wildman–Crippen LogP) is 1.26. The average molecular weight is 247 g/mol. The second-order valence-electron chi connectivity index (χ2n) is 4.25. The molecule has 1 heterocycles. The minimum atomic E-state index is -0.113. The number of amides is 1. The number of aryl methyl sites for hydroxylation is 1. The van der Waals surface area contributed by atoms with Crippen LogP contribution in [-0.2, 0) is 0 Å². The molecule has 5 N–H and O–H groups in total. The van der Waals surface area contributed by atoms with Gasteiger partial charge in [-0.05, 0) is 32.0 Å². The van der Waals surface area contributed by atoms with Gasteiger partial charge in [-0.2, -0.15) is 0 Å². The lowest BCUT2D eigenvalue weighted by atomic mass is 10.1. The standard InChI is InChI=1S/C13H17N3O2/c1-8-12(13(18)15-6-2-5-14)10-4-3-9(17)7-11(10)16-8/h3-4,7,16-17H,2,5-6,14H2,1H3,(H,15,18). The van der Waals surface area contributed by atoms with Crippen LogP contribution in [0.3, 0.4) is 0 Å². The van der Waals surface area contributed by atoms with E-state index in [-0.39, 0.29) is 11.7 Å². The lowest BCUT2D eigenvalue weighted by molar-refractivity contribution is 0.0954. The molecule has 18 heavy (non-hydrogen) atoms. The summed E-state index contributed by atoms with van der Waals surface area (Å²) >= 11 is 0. The van der Waals surface area contributed by atoms with Gasteiger partial charge in [0, 0.05) is 23.7 Å². The fourth-order valence-corrected chi connectivity index (χ4v) is 2.01. The quantitative estimate of drug-likeness (QED) is 0.613. The maximum Gasteiger partial charge on any atom is 0.253 e. The van der Waals surface area contributed by atoms with Gasteiger partial charge in [-0.1, -0.05) is 0 Å². The fraction of sp³-hybridized carbons (Fsp3) is 0.308. The number of fused-ring (bicyclic) bond motifs is 1. The van der Waals surface area contributed by atoms with Gasteiger partial charge in [-0.15, -0.1) is 0 Å². The SMILES string of the molecule is Cc1[nH]c2cc(O)ccc2c1C(=O)NCCCN. The molecule has 5 nitrogen and oxygen atoms in total. The molecular formula is C13H17N3O2. The lowest BCUT2D eigenvalue weighted by Gasteiger charge is -2.04. The molecule has 0 radical (unpaired) electrons. The second-order valence-corrected chi connectivity index (χ2v) is 4.25. The molecule has 0 aliphatic heterocycles. The number of hydrogen-bond acceptors (Lipinski definition) is 3. The molecule has 1 aromatic heterocycles. The smallest absolute Gasteiger partial charge is 0.253 e. The van der Waals surface area contributed by atoms with Crippen LogP contribution in [-0.4, -0.2) is 29.1 Å². The molecule has 1 amide bonds. The third-order valence-electron chi connectivity index (χ3n) is 2.86. The largest absolute Gasteiger partial charge is 0.508 e. The summed E-state index contributed by atoms with van der Waals surface area (Å²) < 4.78 is 0. The summed E-state index contributed by atoms with van der Waals surface area (Å²) in [4.78, 5) is 15.2. The van der Waals surface area contributed by atoms with Crippen molar-refractivity contribution in [2.45, 2.75) is 13.3 Å². The summed E-state index contributed by atoms with van der Waals surface area (Å²) in [5.41, 5.74) is 7.57. The Labute approximate surface area is 105 Å². The molecule has 2 aromatic rings. The van der Waals surface area contributed by atoms with E-state index >= 15 is 0 Å². The van der Waals surface area contributed by atoms with Crippen molar-refractivity contribution in [1.29, 1.82) is 0 Å². The Hall–Kier alpha value is -2.01. The van der Waals surface area contributed by atoms with Crippen LogP contribution in [0.15, 0.2) is 18.2 Å². The first-order chi connectivity index (χ1) is 8.63. The van der Waals surface area contributed by atoms with Crippen molar-refractivity contribution < 1.29 is 9.90 Å². The number of hydrogen-bond donors (Lipinski definition) is 4. The Morgan fingerprint density at radius 3 is 3.00 bits per heavy atom. The van der Waals surface area contributed by atoms with Gasteiger partial charge in [0.2, 0.25) is 0 Å². The molecule has 0 aliphatic carbocycles. The number of aromatic nitrogens is 1. The van der Waals surface area contributed by atoms with E-state index in [4.69, 9.17) is 5.73 Å². The van der Waals surface area contributed by atoms with E-state index in [0.717, 1.165) is 23.0 Å². The number of nitrogens with two attached hydrogens (primary N) is 1. The molecule has 0 aliphatic rings. The van der Waals surface area contributed by atoms with Crippen molar-refractivity contribution in [3.8, 4) is 5.75 Å². The molecule has 0 atom stereocenters. The zero-order valence-corrected chi connectivity index (χ0v) is 10.3. The van der Waals surface area contributed by atoms with Gasteiger partial charge in [0.1, 0.15) is 5.75 Å². The highest BCUT2D eigenvalue weighted by Gasteiger charge is 2.15. The van der Waals surface area contributed by atoms with Gasteiger partial charge in [0.05, 0.1) is 11.1 Å². The van der Waals surface area contributed by atoms with Crippen LogP contribution in [0.4, 0.5) is 0 Å². The van der Waals surface area contributed by atoms with Gasteiger partial charge in [0.25, 0.3) is 5.91 Å². The van der Waals surface area contributed by atoms with Gasteiger partial charge in [-0.25, -0.2) is 0 Å². The van der Waals surface area contributed by atoms with E-state index in [1.165, 1.54) is 0 Å². The Morgan fingerprint density at radius 2 is 2.28 bits per heavy atom. The van der Waals surface area contributed by atoms with Crippen molar-refractivity contribution in [3.05, 3.63) is 29.5 Å². The van der Waals surface area contributed by atoms with Gasteiger partial charge in [-0.3, -0.25) is 4.79 Å². The number of aromatic amines is 1. The van der Waals surface area contributed by atoms with Gasteiger partial charge in [0.15, 0.2) is 0 Å². The molecule has 2 rings (SSSR count). The molecular weight excluding hydrogens is 230 g/mol. The summed E-state index contributed by atoms with van der Waals surface area (Å²) in [5.74, 6) is 0.0664. The fourth-order valence-electron chi connectivity index (χ4n) is 2.01. The Bertz CT molecular complexity index is 575. The van der Waals surface area contributed by atoms with Crippen LogP contribution in [0, 0.1) is 6.92 Å². The lowest BCUT2D eigenvalue weighted by Crippen LogP contribution is -2.26. The number of rotatable bonds is 4. The number of aromatic hydroxyl groups is 1. The summed E-state index contributed by atoms with van der Waals surface area (Å²) in [6.07, 6.45) is 0.758. The van der Waals surface area contributed by atoms with Crippen LogP contribution >= 0.6 is 0 Å². The first-order valence-electron chi connectivity index (χ1n) is 5.93. The van der Waals surface area contributed by atoms with E-state index in [2.05, 4.69) is 10.3 Å². The highest BCUT2D eigenvalue weighted by Crippen LogP contribution is 2.25. The third kappa shape index (κ3) is 2.31. The number of carbonyl (C=O) groups excluding carboxylic acids is 1. The van der Waals surface area contributed by atoms with Crippen molar-refractivity contribution in [1.82, 2.24) is 10.3 Å². The second kappa shape index (κ2) is 5.10. The van der Waals surface area contributed by atoms with Crippen LogP contribution in [0.25, 0.3) is 10.9 Å². The Morgan fingerprint density at radius 1 is 1.50 bits per heavy atom. The molecule has 0 unspecified atom stereocenters. The van der Waals surface area contributed by atoms with E-state index in [1.807, 2.05) is 6.92 Å². The first-order valence-corrected chi connectivity index (χ1v) is 5.93. The molecule has 5 heteroatoms. The maximum atomic E-state index is 12.1. The number of phenolic OH excluding ortho intramolecular Hbond substituents is 1. The topological polar surface area (TPSA) is 91.1 Å². The molecule has 96 valence electrons.